The van der Waals surface area contributed by atoms with Crippen molar-refractivity contribution in [1.82, 2.24) is 0 Å². The summed E-state index contributed by atoms with van der Waals surface area (Å²) in [5, 5.41) is 0. The van der Waals surface area contributed by atoms with E-state index in [1.165, 1.54) is 12.8 Å². The van der Waals surface area contributed by atoms with E-state index in [2.05, 4.69) is 45.1 Å². The molecule has 0 radical (unpaired) electrons. The Kier molecular flexibility index (Phi) is 2.18. The van der Waals surface area contributed by atoms with E-state index < -0.39 is 0 Å². The van der Waals surface area contributed by atoms with Gasteiger partial charge < -0.3 is 0 Å². The fourth-order valence-electron chi connectivity index (χ4n) is 4.46. The van der Waals surface area contributed by atoms with Crippen LogP contribution in [-0.2, 0) is 0 Å². The summed E-state index contributed by atoms with van der Waals surface area (Å²) in [7, 11) is 0. The van der Waals surface area contributed by atoms with Crippen LogP contribution in [0, 0.1) is 23.2 Å². The maximum atomic E-state index is 2.54. The van der Waals surface area contributed by atoms with Crippen LogP contribution in [-0.4, -0.2) is 0 Å². The van der Waals surface area contributed by atoms with E-state index in [9.17, 15) is 0 Å². The summed E-state index contributed by atoms with van der Waals surface area (Å²) in [5.74, 6) is 2.56. The zero-order valence-corrected chi connectivity index (χ0v) is 10.7. The first-order valence-electron chi connectivity index (χ1n) is 6.65. The highest BCUT2D eigenvalue weighted by Crippen LogP contribution is 2.58. The van der Waals surface area contributed by atoms with Crippen molar-refractivity contribution in [2.45, 2.75) is 40.0 Å². The molecule has 0 bridgehead atoms. The molecule has 3 rings (SSSR count). The van der Waals surface area contributed by atoms with Gasteiger partial charge in [0.2, 0.25) is 0 Å². The van der Waals surface area contributed by atoms with Gasteiger partial charge in [0, 0.05) is 0 Å². The summed E-state index contributed by atoms with van der Waals surface area (Å²) in [6.07, 6.45) is 13.6. The zero-order chi connectivity index (χ0) is 11.3. The van der Waals surface area contributed by atoms with Crippen LogP contribution in [0.5, 0.6) is 0 Å². The first kappa shape index (κ1) is 10.4. The molecule has 3 aliphatic rings. The van der Waals surface area contributed by atoms with Crippen LogP contribution < -0.4 is 0 Å². The van der Waals surface area contributed by atoms with E-state index in [1.54, 1.807) is 11.1 Å². The molecule has 16 heavy (non-hydrogen) atoms. The minimum atomic E-state index is 0.410. The van der Waals surface area contributed by atoms with Crippen molar-refractivity contribution in [1.29, 1.82) is 0 Å². The predicted octanol–water partition coefficient (Wildman–Crippen LogP) is 4.50. The molecule has 0 N–H and O–H groups in total. The lowest BCUT2D eigenvalue weighted by atomic mass is 9.72. The Morgan fingerprint density at radius 3 is 2.62 bits per heavy atom. The molecule has 0 aromatic heterocycles. The van der Waals surface area contributed by atoms with Crippen molar-refractivity contribution in [2.24, 2.45) is 23.2 Å². The third-order valence-electron chi connectivity index (χ3n) is 4.93. The van der Waals surface area contributed by atoms with Crippen molar-refractivity contribution in [3.8, 4) is 0 Å². The van der Waals surface area contributed by atoms with Gasteiger partial charge in [0.05, 0.1) is 0 Å². The summed E-state index contributed by atoms with van der Waals surface area (Å²) >= 11 is 0. The Bertz CT molecular complexity index is 392. The van der Waals surface area contributed by atoms with Gasteiger partial charge in [0.1, 0.15) is 0 Å². The number of hydrogen-bond donors (Lipinski definition) is 0. The largest absolute Gasteiger partial charge is 0.0805 e. The standard InChI is InChI=1S/C16H22/c1-11-10-16(2,3)15-13(11)8-9-14(15)12-6-4-5-7-12/h4,6-7,10,13-15H,5,8-9H2,1-3H3. The monoisotopic (exact) mass is 214 g/mol. The van der Waals surface area contributed by atoms with E-state index >= 15 is 0 Å². The molecule has 0 aliphatic heterocycles. The third kappa shape index (κ3) is 1.35. The van der Waals surface area contributed by atoms with Crippen LogP contribution in [0.15, 0.2) is 35.5 Å². The topological polar surface area (TPSA) is 0 Å². The molecule has 0 spiro atoms. The highest BCUT2D eigenvalue weighted by molar-refractivity contribution is 5.34. The van der Waals surface area contributed by atoms with E-state index in [4.69, 9.17) is 0 Å². The number of rotatable bonds is 1. The summed E-state index contributed by atoms with van der Waals surface area (Å²) in [6, 6.07) is 0. The SMILES string of the molecule is CC1=CC(C)(C)C2C1CCC2C1=CCC=C1. The minimum Gasteiger partial charge on any atom is -0.0805 e. The first-order valence-corrected chi connectivity index (χ1v) is 6.65. The third-order valence-corrected chi connectivity index (χ3v) is 4.93. The molecule has 0 aromatic rings. The van der Waals surface area contributed by atoms with Crippen molar-refractivity contribution >= 4 is 0 Å². The first-order chi connectivity index (χ1) is 7.59. The Morgan fingerprint density at radius 1 is 1.19 bits per heavy atom. The predicted molar refractivity (Wildman–Crippen MR) is 69.1 cm³/mol. The fraction of sp³-hybridized carbons (Fsp3) is 0.625. The highest BCUT2D eigenvalue weighted by Gasteiger charge is 2.49. The smallest absolute Gasteiger partial charge is 0.0123 e. The maximum Gasteiger partial charge on any atom is -0.0123 e. The lowest BCUT2D eigenvalue weighted by Gasteiger charge is -2.32. The van der Waals surface area contributed by atoms with Gasteiger partial charge in [-0.2, -0.15) is 0 Å². The zero-order valence-electron chi connectivity index (χ0n) is 10.7. The molecule has 0 amide bonds. The molecule has 0 aromatic carbocycles. The Balaban J connectivity index is 1.93. The van der Waals surface area contributed by atoms with E-state index in [0.29, 0.717) is 5.41 Å². The van der Waals surface area contributed by atoms with Gasteiger partial charge >= 0.3 is 0 Å². The number of allylic oxidation sites excluding steroid dienone is 6. The van der Waals surface area contributed by atoms with Crippen LogP contribution in [0.2, 0.25) is 0 Å². The lowest BCUT2D eigenvalue weighted by Crippen LogP contribution is -2.26. The summed E-state index contributed by atoms with van der Waals surface area (Å²) in [6.45, 7) is 7.20. The maximum absolute atomic E-state index is 2.54. The van der Waals surface area contributed by atoms with Crippen molar-refractivity contribution in [3.63, 3.8) is 0 Å². The van der Waals surface area contributed by atoms with Crippen LogP contribution in [0.25, 0.3) is 0 Å². The van der Waals surface area contributed by atoms with Gasteiger partial charge in [-0.3, -0.25) is 0 Å². The fourth-order valence-corrected chi connectivity index (χ4v) is 4.46. The Labute approximate surface area is 99.1 Å². The Hall–Kier alpha value is -0.780. The molecule has 1 fully saturated rings. The number of fused-ring (bicyclic) bond motifs is 1. The van der Waals surface area contributed by atoms with E-state index in [-0.39, 0.29) is 0 Å². The molecule has 0 nitrogen and oxygen atoms in total. The van der Waals surface area contributed by atoms with Gasteiger partial charge in [0.15, 0.2) is 0 Å². The molecule has 3 unspecified atom stereocenters. The molecular formula is C16H22. The lowest BCUT2D eigenvalue weighted by molar-refractivity contribution is 0.230. The second-order valence-corrected chi connectivity index (χ2v) is 6.37. The normalized spacial score (nSPS) is 39.8. The average Bonchev–Trinajstić information content (AvgIpc) is 2.88. The average molecular weight is 214 g/mol. The molecule has 0 saturated heterocycles. The van der Waals surface area contributed by atoms with E-state index in [0.717, 1.165) is 24.2 Å². The molecule has 0 heterocycles. The van der Waals surface area contributed by atoms with Gasteiger partial charge in [0.25, 0.3) is 0 Å². The quantitative estimate of drug-likeness (QED) is 0.564. The van der Waals surface area contributed by atoms with Crippen molar-refractivity contribution in [3.05, 3.63) is 35.5 Å². The molecule has 0 heteroatoms. The van der Waals surface area contributed by atoms with Gasteiger partial charge in [-0.25, -0.2) is 0 Å². The summed E-state index contributed by atoms with van der Waals surface area (Å²) in [4.78, 5) is 0. The second kappa shape index (κ2) is 3.35. The van der Waals surface area contributed by atoms with Crippen LogP contribution in [0.4, 0.5) is 0 Å². The molecule has 3 aliphatic carbocycles. The van der Waals surface area contributed by atoms with Gasteiger partial charge in [-0.1, -0.05) is 43.7 Å². The molecule has 3 atom stereocenters. The van der Waals surface area contributed by atoms with Gasteiger partial charge in [-0.05, 0) is 54.9 Å². The van der Waals surface area contributed by atoms with Gasteiger partial charge in [-0.15, -0.1) is 0 Å². The highest BCUT2D eigenvalue weighted by atomic mass is 14.5. The molecule has 1 saturated carbocycles. The van der Waals surface area contributed by atoms with Crippen molar-refractivity contribution < 1.29 is 0 Å². The molecule has 86 valence electrons. The summed E-state index contributed by atoms with van der Waals surface area (Å²) in [5.41, 5.74) is 3.69. The number of hydrogen-bond acceptors (Lipinski definition) is 0. The van der Waals surface area contributed by atoms with Crippen LogP contribution in [0.1, 0.15) is 40.0 Å². The summed E-state index contributed by atoms with van der Waals surface area (Å²) < 4.78 is 0. The van der Waals surface area contributed by atoms with Crippen LogP contribution in [0.3, 0.4) is 0 Å². The Morgan fingerprint density at radius 2 is 1.94 bits per heavy atom. The van der Waals surface area contributed by atoms with E-state index in [1.807, 2.05) is 0 Å². The van der Waals surface area contributed by atoms with Crippen LogP contribution >= 0.6 is 0 Å². The molecular weight excluding hydrogens is 192 g/mol. The van der Waals surface area contributed by atoms with Crippen molar-refractivity contribution in [2.75, 3.05) is 0 Å². The second-order valence-electron chi connectivity index (χ2n) is 6.37. The minimum absolute atomic E-state index is 0.410.